The quantitative estimate of drug-likeness (QED) is 0.793. The summed E-state index contributed by atoms with van der Waals surface area (Å²) in [6, 6.07) is 4.98. The van der Waals surface area contributed by atoms with Crippen molar-refractivity contribution in [3.05, 3.63) is 23.2 Å². The average molecular weight is 298 g/mol. The highest BCUT2D eigenvalue weighted by Crippen LogP contribution is 2.23. The highest BCUT2D eigenvalue weighted by molar-refractivity contribution is 6.33. The molecule has 1 rings (SSSR count). The lowest BCUT2D eigenvalue weighted by Gasteiger charge is -2.31. The predicted molar refractivity (Wildman–Crippen MR) is 86.0 cm³/mol. The summed E-state index contributed by atoms with van der Waals surface area (Å²) in [5.41, 5.74) is 6.89. The molecular weight excluding hydrogens is 274 g/mol. The van der Waals surface area contributed by atoms with E-state index >= 15 is 0 Å². The molecule has 4 nitrogen and oxygen atoms in total. The van der Waals surface area contributed by atoms with E-state index < -0.39 is 0 Å². The fourth-order valence-electron chi connectivity index (χ4n) is 2.34. The number of nitrogens with one attached hydrogen (secondary N) is 1. The molecular formula is C15H24ClN3O. The molecule has 0 aliphatic carbocycles. The topological polar surface area (TPSA) is 58.4 Å². The molecule has 1 aromatic carbocycles. The van der Waals surface area contributed by atoms with Crippen molar-refractivity contribution in [2.45, 2.75) is 33.7 Å². The maximum absolute atomic E-state index is 12.5. The Morgan fingerprint density at radius 3 is 2.40 bits per heavy atom. The molecule has 1 amide bonds. The lowest BCUT2D eigenvalue weighted by molar-refractivity contribution is -0.122. The number of nitrogens with zero attached hydrogens (tertiary/aromatic N) is 1. The van der Waals surface area contributed by atoms with Gasteiger partial charge in [0.25, 0.3) is 0 Å². The predicted octanol–water partition coefficient (Wildman–Crippen LogP) is 3.23. The number of nitrogens with two attached hydrogens (primary N) is 1. The smallest absolute Gasteiger partial charge is 0.241 e. The number of hydrogen-bond donors (Lipinski definition) is 2. The Labute approximate surface area is 126 Å². The van der Waals surface area contributed by atoms with Crippen molar-refractivity contribution in [1.29, 1.82) is 0 Å². The molecule has 0 aromatic heterocycles. The van der Waals surface area contributed by atoms with Gasteiger partial charge in [-0.1, -0.05) is 39.3 Å². The number of nitrogen functional groups attached to an aromatic ring is 1. The van der Waals surface area contributed by atoms with Crippen LogP contribution in [-0.2, 0) is 4.79 Å². The lowest BCUT2D eigenvalue weighted by Crippen LogP contribution is -2.47. The Kier molecular flexibility index (Phi) is 6.30. The molecule has 112 valence electrons. The Morgan fingerprint density at radius 1 is 1.35 bits per heavy atom. The zero-order valence-electron chi connectivity index (χ0n) is 12.6. The summed E-state index contributed by atoms with van der Waals surface area (Å²) in [4.78, 5) is 14.6. The summed E-state index contributed by atoms with van der Waals surface area (Å²) in [5.74, 6) is 0.227. The van der Waals surface area contributed by atoms with Crippen molar-refractivity contribution in [3.8, 4) is 0 Å². The van der Waals surface area contributed by atoms with Crippen molar-refractivity contribution in [1.82, 2.24) is 4.90 Å². The molecule has 5 heteroatoms. The highest BCUT2D eigenvalue weighted by Gasteiger charge is 2.27. The van der Waals surface area contributed by atoms with Gasteiger partial charge in [-0.05, 0) is 37.2 Å². The second-order valence-corrected chi connectivity index (χ2v) is 5.54. The Balaban J connectivity index is 2.88. The summed E-state index contributed by atoms with van der Waals surface area (Å²) in [6.07, 6.45) is 0. The van der Waals surface area contributed by atoms with E-state index in [0.29, 0.717) is 16.4 Å². The van der Waals surface area contributed by atoms with E-state index in [9.17, 15) is 4.79 Å². The van der Waals surface area contributed by atoms with Gasteiger partial charge in [0, 0.05) is 5.69 Å². The van der Waals surface area contributed by atoms with Crippen LogP contribution in [-0.4, -0.2) is 29.9 Å². The summed E-state index contributed by atoms with van der Waals surface area (Å²) < 4.78 is 0. The fourth-order valence-corrected chi connectivity index (χ4v) is 2.46. The van der Waals surface area contributed by atoms with E-state index in [0.717, 1.165) is 13.1 Å². The van der Waals surface area contributed by atoms with Crippen LogP contribution in [0.3, 0.4) is 0 Å². The van der Waals surface area contributed by atoms with Crippen molar-refractivity contribution in [2.24, 2.45) is 5.92 Å². The van der Waals surface area contributed by atoms with Gasteiger partial charge < -0.3 is 11.1 Å². The normalized spacial score (nSPS) is 12.8. The first-order valence-electron chi connectivity index (χ1n) is 7.00. The second-order valence-electron chi connectivity index (χ2n) is 5.14. The van der Waals surface area contributed by atoms with Gasteiger partial charge in [-0.3, -0.25) is 9.69 Å². The van der Waals surface area contributed by atoms with Crippen molar-refractivity contribution >= 4 is 28.9 Å². The van der Waals surface area contributed by atoms with Crippen LogP contribution in [0.5, 0.6) is 0 Å². The third kappa shape index (κ3) is 4.12. The number of amides is 1. The molecule has 0 radical (unpaired) electrons. The Morgan fingerprint density at radius 2 is 1.95 bits per heavy atom. The minimum absolute atomic E-state index is 0.00887. The van der Waals surface area contributed by atoms with Crippen LogP contribution in [0.25, 0.3) is 0 Å². The van der Waals surface area contributed by atoms with Crippen molar-refractivity contribution in [2.75, 3.05) is 24.1 Å². The molecule has 20 heavy (non-hydrogen) atoms. The van der Waals surface area contributed by atoms with Gasteiger partial charge in [0.05, 0.1) is 16.8 Å². The van der Waals surface area contributed by atoms with E-state index in [1.54, 1.807) is 18.2 Å². The van der Waals surface area contributed by atoms with Gasteiger partial charge in [-0.2, -0.15) is 0 Å². The monoisotopic (exact) mass is 297 g/mol. The molecule has 1 aromatic rings. The highest BCUT2D eigenvalue weighted by atomic mass is 35.5. The average Bonchev–Trinajstić information content (AvgIpc) is 2.39. The van der Waals surface area contributed by atoms with Gasteiger partial charge in [0.15, 0.2) is 0 Å². The molecule has 1 atom stereocenters. The van der Waals surface area contributed by atoms with Gasteiger partial charge in [0.2, 0.25) is 5.91 Å². The van der Waals surface area contributed by atoms with Crippen LogP contribution in [0, 0.1) is 5.92 Å². The van der Waals surface area contributed by atoms with Crippen LogP contribution in [0.1, 0.15) is 27.7 Å². The zero-order valence-corrected chi connectivity index (χ0v) is 13.4. The fraction of sp³-hybridized carbons (Fsp3) is 0.533. The Hall–Kier alpha value is -1.26. The zero-order chi connectivity index (χ0) is 15.3. The molecule has 0 aliphatic heterocycles. The molecule has 0 aliphatic rings. The summed E-state index contributed by atoms with van der Waals surface area (Å²) >= 11 is 5.88. The van der Waals surface area contributed by atoms with Gasteiger partial charge in [0.1, 0.15) is 0 Å². The standard InChI is InChI=1S/C15H24ClN3O/c1-5-19(6-2)14(10(3)4)15(20)18-11-7-8-12(16)13(17)9-11/h7-10,14H,5-6,17H2,1-4H3,(H,18,20). The molecule has 0 fully saturated rings. The number of carbonyl (C=O) groups is 1. The number of halogens is 1. The first-order chi connectivity index (χ1) is 9.40. The van der Waals surface area contributed by atoms with Crippen molar-refractivity contribution in [3.63, 3.8) is 0 Å². The molecule has 0 bridgehead atoms. The molecule has 0 saturated heterocycles. The van der Waals surface area contributed by atoms with Crippen LogP contribution < -0.4 is 11.1 Å². The molecule has 0 spiro atoms. The lowest BCUT2D eigenvalue weighted by atomic mass is 10.0. The largest absolute Gasteiger partial charge is 0.397 e. The van der Waals surface area contributed by atoms with Gasteiger partial charge in [-0.25, -0.2) is 0 Å². The first-order valence-corrected chi connectivity index (χ1v) is 7.38. The molecule has 1 unspecified atom stereocenters. The number of anilines is 2. The third-order valence-corrected chi connectivity index (χ3v) is 3.71. The van der Waals surface area contributed by atoms with E-state index in [2.05, 4.69) is 37.9 Å². The number of likely N-dealkylation sites (N-methyl/N-ethyl adjacent to an activating group) is 1. The van der Waals surface area contributed by atoms with Gasteiger partial charge in [-0.15, -0.1) is 0 Å². The minimum atomic E-state index is -0.151. The van der Waals surface area contributed by atoms with Gasteiger partial charge >= 0.3 is 0 Å². The summed E-state index contributed by atoms with van der Waals surface area (Å²) in [7, 11) is 0. The van der Waals surface area contributed by atoms with Crippen LogP contribution in [0.2, 0.25) is 5.02 Å². The van der Waals surface area contributed by atoms with E-state index in [-0.39, 0.29) is 17.9 Å². The summed E-state index contributed by atoms with van der Waals surface area (Å²) in [5, 5.41) is 3.41. The maximum Gasteiger partial charge on any atom is 0.241 e. The van der Waals surface area contributed by atoms with Crippen LogP contribution in [0.4, 0.5) is 11.4 Å². The number of benzene rings is 1. The SMILES string of the molecule is CCN(CC)C(C(=O)Nc1ccc(Cl)c(N)c1)C(C)C. The molecule has 0 heterocycles. The minimum Gasteiger partial charge on any atom is -0.397 e. The second kappa shape index (κ2) is 7.50. The van der Waals surface area contributed by atoms with Crippen LogP contribution >= 0.6 is 11.6 Å². The van der Waals surface area contributed by atoms with Crippen molar-refractivity contribution < 1.29 is 4.79 Å². The number of carbonyl (C=O) groups excluding carboxylic acids is 1. The third-order valence-electron chi connectivity index (χ3n) is 3.37. The number of rotatable bonds is 6. The maximum atomic E-state index is 12.5. The van der Waals surface area contributed by atoms with E-state index in [1.807, 2.05) is 0 Å². The van der Waals surface area contributed by atoms with Crippen LogP contribution in [0.15, 0.2) is 18.2 Å². The Bertz CT molecular complexity index is 458. The summed E-state index contributed by atoms with van der Waals surface area (Å²) in [6.45, 7) is 9.92. The molecule has 3 N–H and O–H groups in total. The number of hydrogen-bond acceptors (Lipinski definition) is 3. The first kappa shape index (κ1) is 16.8. The van der Waals surface area contributed by atoms with E-state index in [1.165, 1.54) is 0 Å². The molecule has 0 saturated carbocycles. The van der Waals surface area contributed by atoms with E-state index in [4.69, 9.17) is 17.3 Å².